The Kier molecular flexibility index (Phi) is 3.82. The first-order chi connectivity index (χ1) is 12.2. The van der Waals surface area contributed by atoms with Crippen LogP contribution >= 0.6 is 0 Å². The van der Waals surface area contributed by atoms with Crippen LogP contribution in [0.5, 0.6) is 0 Å². The van der Waals surface area contributed by atoms with E-state index in [0.717, 1.165) is 23.4 Å². The Morgan fingerprint density at radius 2 is 1.64 bits per heavy atom. The van der Waals surface area contributed by atoms with Crippen molar-refractivity contribution in [3.05, 3.63) is 78.4 Å². The average molecular weight is 329 g/mol. The molecule has 5 heteroatoms. The molecule has 0 fully saturated rings. The zero-order chi connectivity index (χ0) is 17.2. The van der Waals surface area contributed by atoms with Crippen LogP contribution < -0.4 is 10.6 Å². The summed E-state index contributed by atoms with van der Waals surface area (Å²) in [7, 11) is 2.05. The van der Waals surface area contributed by atoms with Crippen molar-refractivity contribution >= 4 is 17.2 Å². The average Bonchev–Trinajstić information content (AvgIpc) is 3.08. The molecular formula is C20H19N5. The quantitative estimate of drug-likeness (QED) is 0.621. The van der Waals surface area contributed by atoms with Crippen molar-refractivity contribution in [1.29, 1.82) is 0 Å². The largest absolute Gasteiger partial charge is 0.384 e. The first-order valence-corrected chi connectivity index (χ1v) is 8.17. The minimum atomic E-state index is 0.571. The van der Waals surface area contributed by atoms with Crippen molar-refractivity contribution in [1.82, 2.24) is 14.6 Å². The lowest BCUT2D eigenvalue weighted by Crippen LogP contribution is -2.17. The molecule has 0 unspecified atom stereocenters. The number of anilines is 2. The van der Waals surface area contributed by atoms with Crippen LogP contribution in [-0.2, 0) is 6.54 Å². The van der Waals surface area contributed by atoms with Gasteiger partial charge in [0.25, 0.3) is 0 Å². The Bertz CT molecular complexity index is 993. The van der Waals surface area contributed by atoms with E-state index in [4.69, 9.17) is 5.73 Å². The third kappa shape index (κ3) is 3.04. The van der Waals surface area contributed by atoms with Crippen molar-refractivity contribution in [2.75, 3.05) is 17.7 Å². The molecule has 2 aromatic heterocycles. The fraction of sp³-hybridized carbons (Fsp3) is 0.100. The van der Waals surface area contributed by atoms with Crippen molar-refractivity contribution in [3.63, 3.8) is 0 Å². The molecule has 0 aliphatic heterocycles. The van der Waals surface area contributed by atoms with E-state index in [1.165, 1.54) is 5.56 Å². The van der Waals surface area contributed by atoms with E-state index >= 15 is 0 Å². The Morgan fingerprint density at radius 3 is 2.36 bits per heavy atom. The van der Waals surface area contributed by atoms with Crippen molar-refractivity contribution in [2.24, 2.45) is 0 Å². The summed E-state index contributed by atoms with van der Waals surface area (Å²) in [6.07, 6.45) is 0. The topological polar surface area (TPSA) is 59.5 Å². The van der Waals surface area contributed by atoms with E-state index in [2.05, 4.69) is 27.1 Å². The maximum absolute atomic E-state index is 6.21. The Hall–Kier alpha value is -3.34. The molecule has 0 radical (unpaired) electrons. The minimum Gasteiger partial charge on any atom is -0.384 e. The van der Waals surface area contributed by atoms with Gasteiger partial charge in [-0.2, -0.15) is 4.52 Å². The number of nitrogen functional groups attached to an aromatic ring is 1. The lowest BCUT2D eigenvalue weighted by atomic mass is 10.2. The number of hydrogen-bond donors (Lipinski definition) is 1. The second kappa shape index (κ2) is 6.28. The summed E-state index contributed by atoms with van der Waals surface area (Å²) in [4.78, 5) is 6.79. The predicted octanol–water partition coefficient (Wildman–Crippen LogP) is 3.61. The van der Waals surface area contributed by atoms with Gasteiger partial charge in [-0.05, 0) is 5.56 Å². The molecule has 0 saturated carbocycles. The predicted molar refractivity (Wildman–Crippen MR) is 101 cm³/mol. The highest BCUT2D eigenvalue weighted by Gasteiger charge is 2.11. The molecule has 25 heavy (non-hydrogen) atoms. The molecule has 4 rings (SSSR count). The van der Waals surface area contributed by atoms with Gasteiger partial charge in [0.05, 0.1) is 0 Å². The van der Waals surface area contributed by atoms with Gasteiger partial charge in [0, 0.05) is 37.0 Å². The van der Waals surface area contributed by atoms with E-state index < -0.39 is 0 Å². The van der Waals surface area contributed by atoms with Gasteiger partial charge in [0.15, 0.2) is 11.5 Å². The molecule has 0 bridgehead atoms. The Morgan fingerprint density at radius 1 is 0.960 bits per heavy atom. The zero-order valence-electron chi connectivity index (χ0n) is 14.0. The smallest absolute Gasteiger partial charge is 0.182 e. The second-order valence-electron chi connectivity index (χ2n) is 6.05. The van der Waals surface area contributed by atoms with E-state index in [1.807, 2.05) is 67.7 Å². The van der Waals surface area contributed by atoms with E-state index in [9.17, 15) is 0 Å². The normalized spacial score (nSPS) is 10.9. The molecule has 0 aliphatic rings. The molecule has 0 spiro atoms. The van der Waals surface area contributed by atoms with Crippen molar-refractivity contribution in [2.45, 2.75) is 6.54 Å². The Balaban J connectivity index is 1.69. The van der Waals surface area contributed by atoms with Crippen molar-refractivity contribution in [3.8, 4) is 11.4 Å². The SMILES string of the molecule is CN(Cc1ccccc1)c1cc(N)n2nc(-c3ccccc3)nc2c1. The number of benzene rings is 2. The lowest BCUT2D eigenvalue weighted by molar-refractivity contribution is 0.914. The fourth-order valence-corrected chi connectivity index (χ4v) is 2.87. The van der Waals surface area contributed by atoms with E-state index in [-0.39, 0.29) is 0 Å². The molecule has 0 amide bonds. The molecule has 5 nitrogen and oxygen atoms in total. The van der Waals surface area contributed by atoms with Gasteiger partial charge < -0.3 is 10.6 Å². The number of fused-ring (bicyclic) bond motifs is 1. The third-order valence-electron chi connectivity index (χ3n) is 4.18. The fourth-order valence-electron chi connectivity index (χ4n) is 2.87. The van der Waals surface area contributed by atoms with Crippen LogP contribution in [0.3, 0.4) is 0 Å². The summed E-state index contributed by atoms with van der Waals surface area (Å²) in [5.74, 6) is 1.25. The highest BCUT2D eigenvalue weighted by Crippen LogP contribution is 2.23. The molecule has 2 N–H and O–H groups in total. The van der Waals surface area contributed by atoms with Gasteiger partial charge in [0.1, 0.15) is 5.82 Å². The lowest BCUT2D eigenvalue weighted by Gasteiger charge is -2.20. The highest BCUT2D eigenvalue weighted by molar-refractivity contribution is 5.66. The van der Waals surface area contributed by atoms with E-state index in [1.54, 1.807) is 4.52 Å². The van der Waals surface area contributed by atoms with Gasteiger partial charge >= 0.3 is 0 Å². The number of nitrogens with two attached hydrogens (primary N) is 1. The maximum atomic E-state index is 6.21. The van der Waals surface area contributed by atoms with Gasteiger partial charge in [0.2, 0.25) is 0 Å². The minimum absolute atomic E-state index is 0.571. The summed E-state index contributed by atoms with van der Waals surface area (Å²) >= 11 is 0. The number of aromatic nitrogens is 3. The zero-order valence-corrected chi connectivity index (χ0v) is 14.0. The van der Waals surface area contributed by atoms with Crippen LogP contribution in [0.1, 0.15) is 5.56 Å². The summed E-state index contributed by atoms with van der Waals surface area (Å²) in [5.41, 5.74) is 10.2. The molecule has 2 aromatic carbocycles. The first-order valence-electron chi connectivity index (χ1n) is 8.17. The van der Waals surface area contributed by atoms with Crippen LogP contribution in [0.2, 0.25) is 0 Å². The molecule has 2 heterocycles. The van der Waals surface area contributed by atoms with Crippen molar-refractivity contribution < 1.29 is 0 Å². The standard InChI is InChI=1S/C20H19N5/c1-24(14-15-8-4-2-5-9-15)17-12-18(21)25-19(13-17)22-20(23-25)16-10-6-3-7-11-16/h2-13H,14,21H2,1H3. The van der Waals surface area contributed by atoms with Crippen LogP contribution in [0, 0.1) is 0 Å². The number of hydrogen-bond acceptors (Lipinski definition) is 4. The summed E-state index contributed by atoms with van der Waals surface area (Å²) in [6, 6.07) is 24.2. The van der Waals surface area contributed by atoms with Gasteiger partial charge in [-0.25, -0.2) is 4.98 Å². The van der Waals surface area contributed by atoms with Gasteiger partial charge in [-0.3, -0.25) is 0 Å². The molecule has 0 atom stereocenters. The molecule has 0 aliphatic carbocycles. The van der Waals surface area contributed by atoms with E-state index in [0.29, 0.717) is 11.6 Å². The number of nitrogens with zero attached hydrogens (tertiary/aromatic N) is 4. The third-order valence-corrected chi connectivity index (χ3v) is 4.18. The first kappa shape index (κ1) is 15.2. The van der Waals surface area contributed by atoms with Gasteiger partial charge in [-0.15, -0.1) is 5.10 Å². The summed E-state index contributed by atoms with van der Waals surface area (Å²) in [6.45, 7) is 0.802. The second-order valence-corrected chi connectivity index (χ2v) is 6.05. The number of rotatable bonds is 4. The molecule has 4 aromatic rings. The molecule has 0 saturated heterocycles. The summed E-state index contributed by atoms with van der Waals surface area (Å²) < 4.78 is 1.68. The summed E-state index contributed by atoms with van der Waals surface area (Å²) in [5, 5.41) is 4.53. The maximum Gasteiger partial charge on any atom is 0.182 e. The highest BCUT2D eigenvalue weighted by atomic mass is 15.3. The Labute approximate surface area is 146 Å². The van der Waals surface area contributed by atoms with Crippen LogP contribution in [-0.4, -0.2) is 21.6 Å². The molecule has 124 valence electrons. The van der Waals surface area contributed by atoms with Crippen LogP contribution in [0.15, 0.2) is 72.8 Å². The van der Waals surface area contributed by atoms with Gasteiger partial charge in [-0.1, -0.05) is 60.7 Å². The van der Waals surface area contributed by atoms with Crippen LogP contribution in [0.25, 0.3) is 17.0 Å². The van der Waals surface area contributed by atoms with Crippen LogP contribution in [0.4, 0.5) is 11.5 Å². The monoisotopic (exact) mass is 329 g/mol. The number of pyridine rings is 1. The molecular weight excluding hydrogens is 310 g/mol.